The summed E-state index contributed by atoms with van der Waals surface area (Å²) in [7, 11) is -9.77. The molecule has 2 N–H and O–H groups in total. The molecule has 3 aromatic rings. The second-order valence-corrected chi connectivity index (χ2v) is 9.43. The highest BCUT2D eigenvalue weighted by atomic mass is 32.5. The number of nitrogens with zero attached hydrogens (tertiary/aromatic N) is 4. The first-order valence-corrected chi connectivity index (χ1v) is 10.00. The summed E-state index contributed by atoms with van der Waals surface area (Å²) in [6.45, 7) is 4.59. The Morgan fingerprint density at radius 3 is 2.25 bits per heavy atom. The summed E-state index contributed by atoms with van der Waals surface area (Å²) in [5.41, 5.74) is -0.685. The maximum Gasteiger partial charge on any atom is 0.310 e. The van der Waals surface area contributed by atoms with Gasteiger partial charge in [0.15, 0.2) is 0 Å². The van der Waals surface area contributed by atoms with Crippen LogP contribution in [0.5, 0.6) is 0 Å². The van der Waals surface area contributed by atoms with Crippen molar-refractivity contribution >= 4 is 21.8 Å². The molecule has 154 valence electrons. The van der Waals surface area contributed by atoms with Crippen LogP contribution in [-0.4, -0.2) is 30.3 Å². The van der Waals surface area contributed by atoms with Crippen molar-refractivity contribution in [2.75, 3.05) is 5.32 Å². The van der Waals surface area contributed by atoms with Crippen molar-refractivity contribution in [1.82, 2.24) is 19.6 Å². The number of aliphatic hydroxyl groups is 1. The number of aromatic nitrogens is 4. The number of rotatable bonds is 5. The van der Waals surface area contributed by atoms with Crippen LogP contribution < -0.4 is 5.32 Å². The summed E-state index contributed by atoms with van der Waals surface area (Å²) in [5, 5.41) is 17.5. The fraction of sp³-hybridized carbons (Fsp3) is 0.312. The van der Waals surface area contributed by atoms with E-state index in [0.29, 0.717) is 23.6 Å². The van der Waals surface area contributed by atoms with Gasteiger partial charge in [-0.2, -0.15) is 14.6 Å². The molecule has 12 heteroatoms. The summed E-state index contributed by atoms with van der Waals surface area (Å²) < 4.78 is 66.1. The maximum atomic E-state index is 13.0. The van der Waals surface area contributed by atoms with Crippen LogP contribution in [-0.2, 0) is 0 Å². The molecule has 0 fully saturated rings. The lowest BCUT2D eigenvalue weighted by atomic mass is 9.92. The van der Waals surface area contributed by atoms with Gasteiger partial charge in [0.25, 0.3) is 5.78 Å². The van der Waals surface area contributed by atoms with Crippen LogP contribution in [0.3, 0.4) is 0 Å². The number of hydrogen-bond acceptors (Lipinski definition) is 5. The topological polar surface area (TPSA) is 75.3 Å². The van der Waals surface area contributed by atoms with Crippen molar-refractivity contribution in [2.24, 2.45) is 0 Å². The first-order valence-electron chi connectivity index (χ1n) is 8.05. The molecule has 2 heterocycles. The molecule has 2 aromatic heterocycles. The number of halogens is 5. The Bertz CT molecular complexity index is 1030. The molecule has 0 aliphatic carbocycles. The zero-order chi connectivity index (χ0) is 21.0. The fourth-order valence-electron chi connectivity index (χ4n) is 2.77. The molecule has 0 aliphatic heterocycles. The van der Waals surface area contributed by atoms with Gasteiger partial charge in [-0.05, 0) is 38.5 Å². The highest BCUT2D eigenvalue weighted by Gasteiger charge is 2.65. The Labute approximate surface area is 157 Å². The average molecular weight is 423 g/mol. The number of nitrogens with one attached hydrogen (secondary N) is 1. The molecule has 0 amide bonds. The summed E-state index contributed by atoms with van der Waals surface area (Å²) in [4.78, 5) is 6.16. The summed E-state index contributed by atoms with van der Waals surface area (Å²) in [6.07, 6.45) is 1.27. The predicted octanol–water partition coefficient (Wildman–Crippen LogP) is 5.01. The molecule has 1 atom stereocenters. The molecular formula is C16H18F5N5OS. The largest absolute Gasteiger partial charge is 0.388 e. The van der Waals surface area contributed by atoms with Crippen LogP contribution in [0.25, 0.3) is 5.78 Å². The molecule has 0 saturated heterocycles. The first-order chi connectivity index (χ1) is 12.5. The maximum absolute atomic E-state index is 13.0. The molecule has 6 nitrogen and oxygen atoms in total. The minimum Gasteiger partial charge on any atom is -0.388 e. The molecule has 0 unspecified atom stereocenters. The summed E-state index contributed by atoms with van der Waals surface area (Å²) in [6, 6.07) is 3.14. The van der Waals surface area contributed by atoms with Gasteiger partial charge in [0.2, 0.25) is 0 Å². The van der Waals surface area contributed by atoms with Crippen molar-refractivity contribution < 1.29 is 24.5 Å². The van der Waals surface area contributed by atoms with E-state index in [1.54, 1.807) is 13.0 Å². The van der Waals surface area contributed by atoms with Gasteiger partial charge in [-0.25, -0.2) is 4.98 Å². The molecular weight excluding hydrogens is 405 g/mol. The lowest BCUT2D eigenvalue weighted by molar-refractivity contribution is 0.0587. The van der Waals surface area contributed by atoms with Crippen molar-refractivity contribution in [3.8, 4) is 0 Å². The highest BCUT2D eigenvalue weighted by Crippen LogP contribution is 3.02. The van der Waals surface area contributed by atoms with E-state index in [4.69, 9.17) is 0 Å². The molecule has 3 rings (SSSR count). The second-order valence-electron chi connectivity index (χ2n) is 7.02. The lowest BCUT2D eigenvalue weighted by Gasteiger charge is -2.40. The number of fused-ring (bicyclic) bond motifs is 1. The standard InChI is InChI=1S/C16H18F5N5OS/c1-10-8-13(26-15(24-10)22-9-23-26)25-14(16(2,3)27)11-4-6-12(7-5-11)28(17,18,19,20)21/h4-9,14,25,27H,1-3H3/t14-/m0/s1. The van der Waals surface area contributed by atoms with Crippen LogP contribution in [0.4, 0.5) is 25.2 Å². The van der Waals surface area contributed by atoms with Gasteiger partial charge in [-0.3, -0.25) is 0 Å². The number of benzene rings is 1. The van der Waals surface area contributed by atoms with E-state index in [1.165, 1.54) is 24.7 Å². The van der Waals surface area contributed by atoms with E-state index in [0.717, 1.165) is 12.1 Å². The molecule has 1 aromatic carbocycles. The van der Waals surface area contributed by atoms with Gasteiger partial charge in [0, 0.05) is 11.8 Å². The zero-order valence-electron chi connectivity index (χ0n) is 15.1. The number of hydrogen-bond donors (Lipinski definition) is 2. The minimum absolute atomic E-state index is 0.181. The summed E-state index contributed by atoms with van der Waals surface area (Å²) >= 11 is 0. The zero-order valence-corrected chi connectivity index (χ0v) is 15.9. The van der Waals surface area contributed by atoms with E-state index in [2.05, 4.69) is 20.4 Å². The Hall–Kier alpha value is -2.47. The van der Waals surface area contributed by atoms with Crippen LogP contribution in [0.15, 0.2) is 41.6 Å². The normalized spacial score (nSPS) is 16.5. The van der Waals surface area contributed by atoms with Gasteiger partial charge < -0.3 is 10.4 Å². The third kappa shape index (κ3) is 4.17. The van der Waals surface area contributed by atoms with E-state index >= 15 is 0 Å². The van der Waals surface area contributed by atoms with E-state index in [-0.39, 0.29) is 11.3 Å². The van der Waals surface area contributed by atoms with Crippen molar-refractivity contribution in [3.63, 3.8) is 0 Å². The molecule has 0 bridgehead atoms. The fourth-order valence-corrected chi connectivity index (χ4v) is 3.42. The SMILES string of the molecule is Cc1cc(N[C@@H](c2ccc(S(F)(F)(F)(F)F)cc2)C(C)(C)O)n2ncnc2n1. The van der Waals surface area contributed by atoms with Crippen molar-refractivity contribution in [3.05, 3.63) is 47.9 Å². The minimum atomic E-state index is -9.77. The third-order valence-corrected chi connectivity index (χ3v) is 5.20. The van der Waals surface area contributed by atoms with E-state index < -0.39 is 26.8 Å². The number of aryl methyl sites for hydroxylation is 1. The average Bonchev–Trinajstić information content (AvgIpc) is 2.97. The predicted molar refractivity (Wildman–Crippen MR) is 96.0 cm³/mol. The van der Waals surface area contributed by atoms with Crippen molar-refractivity contribution in [1.29, 1.82) is 0 Å². The van der Waals surface area contributed by atoms with Gasteiger partial charge in [0.1, 0.15) is 17.0 Å². The lowest BCUT2D eigenvalue weighted by Crippen LogP contribution is -2.35. The van der Waals surface area contributed by atoms with Gasteiger partial charge in [-0.1, -0.05) is 31.6 Å². The van der Waals surface area contributed by atoms with Crippen LogP contribution >= 0.6 is 10.2 Å². The third-order valence-electron chi connectivity index (χ3n) is 4.04. The van der Waals surface area contributed by atoms with Crippen LogP contribution in [0.2, 0.25) is 0 Å². The first kappa shape index (κ1) is 20.3. The van der Waals surface area contributed by atoms with Crippen LogP contribution in [0, 0.1) is 6.92 Å². The van der Waals surface area contributed by atoms with Crippen molar-refractivity contribution in [2.45, 2.75) is 37.3 Å². The Morgan fingerprint density at radius 2 is 1.71 bits per heavy atom. The quantitative estimate of drug-likeness (QED) is 0.564. The molecule has 0 aliphatic rings. The highest BCUT2D eigenvalue weighted by molar-refractivity contribution is 8.45. The molecule has 28 heavy (non-hydrogen) atoms. The van der Waals surface area contributed by atoms with E-state index in [9.17, 15) is 24.5 Å². The monoisotopic (exact) mass is 423 g/mol. The van der Waals surface area contributed by atoms with E-state index in [1.807, 2.05) is 0 Å². The molecule has 0 saturated carbocycles. The molecule has 0 radical (unpaired) electrons. The Morgan fingerprint density at radius 1 is 1.11 bits per heavy atom. The van der Waals surface area contributed by atoms with Crippen LogP contribution in [0.1, 0.15) is 31.1 Å². The summed E-state index contributed by atoms with van der Waals surface area (Å²) in [5.74, 6) is 0.664. The number of anilines is 1. The Balaban J connectivity index is 2.04. The molecule has 0 spiro atoms. The smallest absolute Gasteiger partial charge is 0.310 e. The second kappa shape index (κ2) is 5.54. The Kier molecular flexibility index (Phi) is 4.01. The van der Waals surface area contributed by atoms with Gasteiger partial charge >= 0.3 is 10.2 Å². The van der Waals surface area contributed by atoms with Gasteiger partial charge in [-0.15, -0.1) is 0 Å². The van der Waals surface area contributed by atoms with Gasteiger partial charge in [0.05, 0.1) is 11.6 Å².